The van der Waals surface area contributed by atoms with Gasteiger partial charge in [0, 0.05) is 74.1 Å². The van der Waals surface area contributed by atoms with Crippen LogP contribution in [0.4, 0.5) is 24.5 Å². The zero-order valence-corrected chi connectivity index (χ0v) is 71.4. The largest absolute Gasteiger partial charge is 0.497 e. The lowest BCUT2D eigenvalue weighted by Gasteiger charge is -2.42. The number of primary amides is 1. The van der Waals surface area contributed by atoms with Crippen LogP contribution >= 0.6 is 22.9 Å². The smallest absolute Gasteiger partial charge is 0.409 e. The van der Waals surface area contributed by atoms with Crippen molar-refractivity contribution in [1.82, 2.24) is 45.7 Å². The van der Waals surface area contributed by atoms with E-state index in [0.29, 0.717) is 149 Å². The Kier molecular flexibility index (Phi) is 31.1. The Balaban J connectivity index is 0.863. The molecule has 0 aliphatic carbocycles. The molecule has 1 fully saturated rings. The van der Waals surface area contributed by atoms with E-state index in [1.54, 1.807) is 143 Å². The lowest BCUT2D eigenvalue weighted by Crippen LogP contribution is -2.57. The summed E-state index contributed by atoms with van der Waals surface area (Å²) in [7, 11) is 6.84. The number of alkyl carbamates (subject to hydrolysis) is 1. The minimum Gasteiger partial charge on any atom is -0.497 e. The fourth-order valence-corrected chi connectivity index (χ4v) is 14.7. The van der Waals surface area contributed by atoms with Crippen LogP contribution in [0.5, 0.6) is 28.9 Å². The lowest BCUT2D eigenvalue weighted by molar-refractivity contribution is -0.926. The molecule has 0 radical (unpaired) electrons. The highest BCUT2D eigenvalue weighted by Crippen LogP contribution is 2.50. The normalized spacial score (nSPS) is 13.8. The maximum Gasteiger partial charge on any atom is 0.409 e. The van der Waals surface area contributed by atoms with Gasteiger partial charge in [0.2, 0.25) is 23.8 Å². The van der Waals surface area contributed by atoms with Crippen LogP contribution in [0.2, 0.25) is 5.02 Å². The van der Waals surface area contributed by atoms with Gasteiger partial charge in [-0.2, -0.15) is 0 Å². The van der Waals surface area contributed by atoms with E-state index in [4.69, 9.17) is 80.7 Å². The number of nitrogens with two attached hydrogens (primary N) is 2. The van der Waals surface area contributed by atoms with Gasteiger partial charge in [0.15, 0.2) is 5.82 Å². The quantitative estimate of drug-likeness (QED) is 0.00919. The summed E-state index contributed by atoms with van der Waals surface area (Å²) in [5.74, 6) is -0.859. The molecule has 3 aromatic heterocycles. The number of benzene rings is 6. The van der Waals surface area contributed by atoms with Gasteiger partial charge in [-0.15, -0.1) is 11.3 Å². The summed E-state index contributed by atoms with van der Waals surface area (Å²) in [6, 6.07) is 34.6. The highest BCUT2D eigenvalue weighted by Gasteiger charge is 2.36. The molecule has 0 unspecified atom stereocenters. The lowest BCUT2D eigenvalue weighted by atomic mass is 9.96. The molecule has 120 heavy (non-hydrogen) atoms. The standard InChI is InChI=1S/C88H105ClFN13O16S/c1-53(2)75(100-85(109)119-88(7,8)9)79(105)99-67(21-18-37-94-84(92)108)78(104)98-61-31-28-58(59(45-61)47-101(10)86(110)116-51-66(91)82(106)118-87(4,5)6)48-103(11)42-39-102(40-43-103)41-44-113-70-35-34-64(54(3)74(70)89)72-73-80(95-52-96-81(73)120-76(72)56-26-29-60(90)30-27-56)117-71(83(107)115-49-55-24-32-63(111-12)33-25-55)46-57-19-14-16-22-68(57)114-50-62-36-38-93-77(97-62)65-20-15-17-23-69(65)112-13/h14-17,19-20,22-36,38,45,52-53,66-67,71,75H,18,21,37,39-44,46-51,91H2,1-13H3,(H5-,92,94,98,99,100,104,105,108,109)/p+1/t66-,67-,71+,75-/m0/s1. The Morgan fingerprint density at radius 3 is 2.14 bits per heavy atom. The van der Waals surface area contributed by atoms with Gasteiger partial charge in [-0.3, -0.25) is 19.3 Å². The monoisotopic (exact) mass is 1690 g/mol. The first kappa shape index (κ1) is 90.6. The third kappa shape index (κ3) is 25.4. The van der Waals surface area contributed by atoms with E-state index >= 15 is 0 Å². The predicted octanol–water partition coefficient (Wildman–Crippen LogP) is 12.9. The van der Waals surface area contributed by atoms with Crippen molar-refractivity contribution in [3.05, 3.63) is 190 Å². The number of thiophene rings is 1. The fraction of sp³-hybridized carbons (Fsp3) is 0.398. The molecule has 0 bridgehead atoms. The van der Waals surface area contributed by atoms with Crippen molar-refractivity contribution in [2.45, 2.75) is 143 Å². The number of nitrogens with one attached hydrogen (secondary N) is 4. The van der Waals surface area contributed by atoms with Crippen molar-refractivity contribution in [2.24, 2.45) is 17.4 Å². The highest BCUT2D eigenvalue weighted by atomic mass is 35.5. The van der Waals surface area contributed by atoms with Gasteiger partial charge in [0.05, 0.1) is 56.0 Å². The number of hydrogen-bond acceptors (Lipinski definition) is 23. The number of hydrogen-bond donors (Lipinski definition) is 6. The Morgan fingerprint density at radius 2 is 1.45 bits per heavy atom. The number of piperazine rings is 1. The number of urea groups is 1. The molecule has 4 heterocycles. The molecule has 1 aliphatic heterocycles. The Morgan fingerprint density at radius 1 is 0.742 bits per heavy atom. The van der Waals surface area contributed by atoms with Crippen molar-refractivity contribution in [2.75, 3.05) is 86.1 Å². The number of methoxy groups -OCH3 is 2. The van der Waals surface area contributed by atoms with E-state index in [0.717, 1.165) is 5.56 Å². The number of para-hydroxylation sites is 2. The van der Waals surface area contributed by atoms with Crippen LogP contribution in [0, 0.1) is 18.7 Å². The number of esters is 2. The number of anilines is 1. The fourth-order valence-electron chi connectivity index (χ4n) is 13.3. The molecular weight excluding hydrogens is 1580 g/mol. The molecule has 0 spiro atoms. The molecule has 1 aliphatic rings. The number of carbonyl (C=O) groups is 7. The van der Waals surface area contributed by atoms with Gasteiger partial charge in [0.1, 0.15) is 102 Å². The van der Waals surface area contributed by atoms with Crippen LogP contribution in [-0.2, 0) is 70.8 Å². The summed E-state index contributed by atoms with van der Waals surface area (Å²) in [6.45, 7) is 19.2. The van der Waals surface area contributed by atoms with Crippen LogP contribution in [0.3, 0.4) is 0 Å². The summed E-state index contributed by atoms with van der Waals surface area (Å²) in [4.78, 5) is 118. The zero-order chi connectivity index (χ0) is 86.6. The van der Waals surface area contributed by atoms with E-state index < -0.39 is 95.7 Å². The number of quaternary nitrogens is 1. The second-order valence-corrected chi connectivity index (χ2v) is 33.2. The van der Waals surface area contributed by atoms with Gasteiger partial charge < -0.3 is 84.7 Å². The van der Waals surface area contributed by atoms with Crippen molar-refractivity contribution in [1.29, 1.82) is 0 Å². The number of fused-ring (bicyclic) bond motifs is 1. The van der Waals surface area contributed by atoms with Gasteiger partial charge >= 0.3 is 30.2 Å². The number of ether oxygens (including phenoxy) is 9. The first-order valence-corrected chi connectivity index (χ1v) is 40.6. The van der Waals surface area contributed by atoms with Crippen molar-refractivity contribution >= 4 is 80.8 Å². The Labute approximate surface area is 706 Å². The number of aromatic nitrogens is 4. The first-order chi connectivity index (χ1) is 57.1. The Bertz CT molecular complexity index is 5080. The topological polar surface area (TPSA) is 361 Å². The summed E-state index contributed by atoms with van der Waals surface area (Å²) in [5, 5.41) is 11.7. The van der Waals surface area contributed by atoms with E-state index in [9.17, 15) is 38.0 Å². The van der Waals surface area contributed by atoms with E-state index in [-0.39, 0.29) is 58.1 Å². The van der Waals surface area contributed by atoms with Crippen LogP contribution in [-0.4, -0.2) is 192 Å². The summed E-state index contributed by atoms with van der Waals surface area (Å²) >= 11 is 8.75. The van der Waals surface area contributed by atoms with Crippen LogP contribution in [0.15, 0.2) is 146 Å². The first-order valence-electron chi connectivity index (χ1n) is 39.4. The molecule has 29 nitrogen and oxygen atoms in total. The number of likely N-dealkylation sites (N-methyl/N-ethyl adjacent to an activating group) is 1. The highest BCUT2D eigenvalue weighted by molar-refractivity contribution is 7.22. The molecule has 32 heteroatoms. The third-order valence-electron chi connectivity index (χ3n) is 19.7. The Hall–Kier alpha value is -11.8. The molecule has 8 N–H and O–H groups in total. The zero-order valence-electron chi connectivity index (χ0n) is 69.8. The van der Waals surface area contributed by atoms with Crippen LogP contribution in [0.1, 0.15) is 102 Å². The van der Waals surface area contributed by atoms with E-state index in [1.807, 2.05) is 61.5 Å². The summed E-state index contributed by atoms with van der Waals surface area (Å²) in [5.41, 5.74) is 16.8. The molecule has 6 amide bonds. The molecule has 4 atom stereocenters. The van der Waals surface area contributed by atoms with Gasteiger partial charge in [-0.25, -0.2) is 43.5 Å². The van der Waals surface area contributed by atoms with Crippen molar-refractivity contribution < 1.29 is 85.1 Å². The second kappa shape index (κ2) is 41.3. The summed E-state index contributed by atoms with van der Waals surface area (Å²) in [6.07, 6.45) is 0.365. The number of carbonyl (C=O) groups excluding carboxylic acids is 7. The molecule has 0 saturated carbocycles. The molecule has 10 rings (SSSR count). The number of amides is 6. The van der Waals surface area contributed by atoms with Gasteiger partial charge in [-0.05, 0) is 167 Å². The second-order valence-electron chi connectivity index (χ2n) is 31.8. The molecule has 638 valence electrons. The number of halogens is 2. The minimum atomic E-state index is -1.32. The van der Waals surface area contributed by atoms with E-state index in [2.05, 4.69) is 38.2 Å². The maximum absolute atomic E-state index is 14.8. The summed E-state index contributed by atoms with van der Waals surface area (Å²) < 4.78 is 68.7. The average Bonchev–Trinajstić information content (AvgIpc) is 1.57. The maximum atomic E-state index is 14.8. The number of nitrogens with zero attached hydrogens (tertiary/aromatic N) is 7. The van der Waals surface area contributed by atoms with Gasteiger partial charge in [-0.1, -0.05) is 92.2 Å². The average molecular weight is 1690 g/mol. The van der Waals surface area contributed by atoms with E-state index in [1.165, 1.54) is 41.7 Å². The number of rotatable bonds is 36. The van der Waals surface area contributed by atoms with Crippen molar-refractivity contribution in [3.8, 4) is 61.8 Å². The van der Waals surface area contributed by atoms with Gasteiger partial charge in [0.25, 0.3) is 0 Å². The molecule has 6 aromatic carbocycles. The molecular formula is C88H106ClFN13O16S+. The van der Waals surface area contributed by atoms with Crippen LogP contribution < -0.4 is 56.4 Å². The van der Waals surface area contributed by atoms with Crippen molar-refractivity contribution in [3.63, 3.8) is 0 Å². The SMILES string of the molecule is COc1ccc(COC(=O)[C@@H](Cc2ccccc2OCc2ccnc(-c3ccccc3OC)n2)Oc2ncnc3sc(-c4ccc(F)cc4)c(-c4ccc(OCCN5CC[N+](C)(Cc6ccc(NC(=O)[C@H](CCCNC(N)=O)NC(=O)[C@@H](NC(=O)OC(C)(C)C)C(C)C)cc6CN(C)C(=O)OC[C@H](N)C(=O)OC(C)(C)C)CC5)c(Cl)c4C)c23)cc1. The molecule has 1 saturated heterocycles. The molecule has 9 aromatic rings. The third-order valence-corrected chi connectivity index (χ3v) is 21.3. The van der Waals surface area contributed by atoms with Crippen LogP contribution in [0.25, 0.3) is 43.2 Å². The minimum absolute atomic E-state index is 0.0122. The predicted molar refractivity (Wildman–Crippen MR) is 454 cm³/mol.